The second-order valence-electron chi connectivity index (χ2n) is 7.37. The zero-order valence-corrected chi connectivity index (χ0v) is 17.2. The summed E-state index contributed by atoms with van der Waals surface area (Å²) in [5, 5.41) is 2.17. The van der Waals surface area contributed by atoms with Crippen molar-refractivity contribution < 1.29 is 27.5 Å². The molecule has 2 aliphatic rings. The van der Waals surface area contributed by atoms with Gasteiger partial charge < -0.3 is 14.4 Å². The molecular formula is C19H27N3O6S. The zero-order chi connectivity index (χ0) is 20.9. The number of carbonyl (C=O) groups excluding carboxylic acids is 2. The largest absolute Gasteiger partial charge is 0.493 e. The molecule has 0 bridgehead atoms. The number of hydrogen-bond acceptors (Lipinski definition) is 6. The van der Waals surface area contributed by atoms with Crippen LogP contribution in [0, 0.1) is 5.92 Å². The Balaban J connectivity index is 1.38. The van der Waals surface area contributed by atoms with E-state index in [1.54, 1.807) is 6.92 Å². The number of hydrogen-bond donors (Lipinski definition) is 2. The molecule has 1 unspecified atom stereocenters. The van der Waals surface area contributed by atoms with E-state index in [4.69, 9.17) is 9.47 Å². The van der Waals surface area contributed by atoms with Crippen molar-refractivity contribution in [3.63, 3.8) is 0 Å². The smallest absolute Gasteiger partial charge is 0.324 e. The Hall–Kier alpha value is -2.17. The van der Waals surface area contributed by atoms with Crippen LogP contribution in [0.5, 0.6) is 5.75 Å². The van der Waals surface area contributed by atoms with Crippen LogP contribution in [0.4, 0.5) is 4.79 Å². The standard InChI is InChI=1S/C19H27N3O6S/c1-14(16-3-2-4-17(11-16)28-13-15-5-6-15)21-29(25,26)10-9-27-8-7-22-12-18(23)20-19(22)24/h2-4,11,14-15,21H,5-10,12-13H2,1H3,(H,20,23,24). The molecule has 9 nitrogen and oxygen atoms in total. The number of benzene rings is 1. The first kappa shape index (κ1) is 21.5. The van der Waals surface area contributed by atoms with E-state index in [1.807, 2.05) is 24.3 Å². The van der Waals surface area contributed by atoms with Crippen molar-refractivity contribution in [3.05, 3.63) is 29.8 Å². The third-order valence-corrected chi connectivity index (χ3v) is 6.18. The molecule has 3 rings (SSSR count). The van der Waals surface area contributed by atoms with Crippen LogP contribution in [0.3, 0.4) is 0 Å². The van der Waals surface area contributed by atoms with Crippen molar-refractivity contribution in [1.82, 2.24) is 14.9 Å². The van der Waals surface area contributed by atoms with E-state index in [-0.39, 0.29) is 38.0 Å². The third-order valence-electron chi connectivity index (χ3n) is 4.77. The minimum Gasteiger partial charge on any atom is -0.493 e. The average molecular weight is 426 g/mol. The van der Waals surface area contributed by atoms with E-state index >= 15 is 0 Å². The Morgan fingerprint density at radius 1 is 1.28 bits per heavy atom. The van der Waals surface area contributed by atoms with E-state index in [0.717, 1.165) is 11.3 Å². The van der Waals surface area contributed by atoms with Gasteiger partial charge in [0.15, 0.2) is 0 Å². The lowest BCUT2D eigenvalue weighted by Gasteiger charge is -2.16. The van der Waals surface area contributed by atoms with Crippen molar-refractivity contribution in [1.29, 1.82) is 0 Å². The van der Waals surface area contributed by atoms with Crippen molar-refractivity contribution in [3.8, 4) is 5.75 Å². The summed E-state index contributed by atoms with van der Waals surface area (Å²) < 4.78 is 38.3. The first-order chi connectivity index (χ1) is 13.8. The number of amides is 3. The molecule has 10 heteroatoms. The third kappa shape index (κ3) is 6.98. The van der Waals surface area contributed by atoms with Gasteiger partial charge in [0.2, 0.25) is 15.9 Å². The molecule has 1 aliphatic heterocycles. The minimum atomic E-state index is -3.54. The summed E-state index contributed by atoms with van der Waals surface area (Å²) >= 11 is 0. The Bertz CT molecular complexity index is 840. The summed E-state index contributed by atoms with van der Waals surface area (Å²) in [6.07, 6.45) is 2.42. The van der Waals surface area contributed by atoms with Gasteiger partial charge in [-0.3, -0.25) is 10.1 Å². The predicted molar refractivity (Wildman–Crippen MR) is 106 cm³/mol. The number of ether oxygens (including phenoxy) is 2. The number of imide groups is 1. The van der Waals surface area contributed by atoms with Gasteiger partial charge in [-0.05, 0) is 43.4 Å². The van der Waals surface area contributed by atoms with Crippen molar-refractivity contribution in [2.45, 2.75) is 25.8 Å². The van der Waals surface area contributed by atoms with Crippen LogP contribution in [0.2, 0.25) is 0 Å². The molecule has 1 aromatic rings. The number of urea groups is 1. The molecule has 1 aliphatic carbocycles. The van der Waals surface area contributed by atoms with Crippen molar-refractivity contribution in [2.75, 3.05) is 38.7 Å². The van der Waals surface area contributed by atoms with Crippen LogP contribution in [-0.4, -0.2) is 63.9 Å². The molecule has 0 spiro atoms. The van der Waals surface area contributed by atoms with E-state index in [1.165, 1.54) is 17.7 Å². The Morgan fingerprint density at radius 3 is 2.76 bits per heavy atom. The lowest BCUT2D eigenvalue weighted by atomic mass is 10.1. The van der Waals surface area contributed by atoms with Gasteiger partial charge in [-0.1, -0.05) is 12.1 Å². The fraction of sp³-hybridized carbons (Fsp3) is 0.579. The van der Waals surface area contributed by atoms with Crippen molar-refractivity contribution in [2.24, 2.45) is 5.92 Å². The quantitative estimate of drug-likeness (QED) is 0.382. The Kier molecular flexibility index (Phi) is 7.09. The number of rotatable bonds is 12. The molecule has 1 saturated heterocycles. The molecule has 0 radical (unpaired) electrons. The SMILES string of the molecule is CC(NS(=O)(=O)CCOCCN1CC(=O)NC1=O)c1cccc(OCC2CC2)c1. The summed E-state index contributed by atoms with van der Waals surface area (Å²) in [6, 6.07) is 6.58. The van der Waals surface area contributed by atoms with Gasteiger partial charge in [0, 0.05) is 12.6 Å². The first-order valence-electron chi connectivity index (χ1n) is 9.71. The van der Waals surface area contributed by atoms with E-state index in [2.05, 4.69) is 10.0 Å². The first-order valence-corrected chi connectivity index (χ1v) is 11.4. The highest BCUT2D eigenvalue weighted by molar-refractivity contribution is 7.89. The molecule has 0 aromatic heterocycles. The Morgan fingerprint density at radius 2 is 2.07 bits per heavy atom. The molecule has 2 fully saturated rings. The highest BCUT2D eigenvalue weighted by atomic mass is 32.2. The van der Waals surface area contributed by atoms with Crippen LogP contribution < -0.4 is 14.8 Å². The second kappa shape index (κ2) is 9.55. The molecule has 1 aromatic carbocycles. The average Bonchev–Trinajstić information content (AvgIpc) is 3.44. The van der Waals surface area contributed by atoms with Gasteiger partial charge in [0.1, 0.15) is 12.3 Å². The molecule has 3 amide bonds. The van der Waals surface area contributed by atoms with E-state index in [9.17, 15) is 18.0 Å². The highest BCUT2D eigenvalue weighted by Gasteiger charge is 2.26. The number of nitrogens with one attached hydrogen (secondary N) is 2. The molecule has 1 saturated carbocycles. The zero-order valence-electron chi connectivity index (χ0n) is 16.4. The van der Waals surface area contributed by atoms with Gasteiger partial charge in [-0.15, -0.1) is 0 Å². The molecule has 160 valence electrons. The molecule has 1 heterocycles. The van der Waals surface area contributed by atoms with Gasteiger partial charge in [-0.25, -0.2) is 17.9 Å². The van der Waals surface area contributed by atoms with Crippen LogP contribution in [0.1, 0.15) is 31.4 Å². The van der Waals surface area contributed by atoms with Crippen LogP contribution >= 0.6 is 0 Å². The normalized spacial score (nSPS) is 18.0. The maximum atomic E-state index is 12.3. The summed E-state index contributed by atoms with van der Waals surface area (Å²) in [6.45, 7) is 2.87. The van der Waals surface area contributed by atoms with Crippen LogP contribution in [0.15, 0.2) is 24.3 Å². The monoisotopic (exact) mass is 425 g/mol. The maximum absolute atomic E-state index is 12.3. The molecule has 1 atom stereocenters. The van der Waals surface area contributed by atoms with Crippen LogP contribution in [-0.2, 0) is 19.6 Å². The minimum absolute atomic E-state index is 0.00297. The fourth-order valence-electron chi connectivity index (χ4n) is 2.88. The lowest BCUT2D eigenvalue weighted by Crippen LogP contribution is -2.33. The summed E-state index contributed by atoms with van der Waals surface area (Å²) in [5.41, 5.74) is 0.826. The maximum Gasteiger partial charge on any atom is 0.324 e. The van der Waals surface area contributed by atoms with Gasteiger partial charge in [0.05, 0.1) is 25.6 Å². The van der Waals surface area contributed by atoms with E-state index < -0.39 is 22.1 Å². The molecule has 29 heavy (non-hydrogen) atoms. The van der Waals surface area contributed by atoms with Gasteiger partial charge in [-0.2, -0.15) is 0 Å². The lowest BCUT2D eigenvalue weighted by molar-refractivity contribution is -0.118. The fourth-order valence-corrected chi connectivity index (χ4v) is 4.01. The number of carbonyl (C=O) groups is 2. The second-order valence-corrected chi connectivity index (χ2v) is 9.25. The molecular weight excluding hydrogens is 398 g/mol. The van der Waals surface area contributed by atoms with Gasteiger partial charge in [0.25, 0.3) is 0 Å². The van der Waals surface area contributed by atoms with Crippen molar-refractivity contribution >= 4 is 22.0 Å². The molecule has 2 N–H and O–H groups in total. The number of nitrogens with zero attached hydrogens (tertiary/aromatic N) is 1. The predicted octanol–water partition coefficient (Wildman–Crippen LogP) is 1.02. The van der Waals surface area contributed by atoms with E-state index in [0.29, 0.717) is 12.5 Å². The highest BCUT2D eigenvalue weighted by Crippen LogP contribution is 2.30. The summed E-state index contributed by atoms with van der Waals surface area (Å²) in [4.78, 5) is 23.8. The van der Waals surface area contributed by atoms with Crippen LogP contribution in [0.25, 0.3) is 0 Å². The number of sulfonamides is 1. The van der Waals surface area contributed by atoms with Gasteiger partial charge >= 0.3 is 6.03 Å². The summed E-state index contributed by atoms with van der Waals surface area (Å²) in [5.74, 6) is 0.848. The topological polar surface area (TPSA) is 114 Å². The Labute approximate surface area is 170 Å². The summed E-state index contributed by atoms with van der Waals surface area (Å²) in [7, 11) is -3.54.